The van der Waals surface area contributed by atoms with E-state index in [9.17, 15) is 19.5 Å². The second-order valence-electron chi connectivity index (χ2n) is 11.3. The zero-order valence-electron chi connectivity index (χ0n) is 25.6. The number of benzene rings is 3. The third kappa shape index (κ3) is 6.38. The average Bonchev–Trinajstić information content (AvgIpc) is 3.71. The Morgan fingerprint density at radius 3 is 2.22 bits per heavy atom. The predicted molar refractivity (Wildman–Crippen MR) is 167 cm³/mol. The molecule has 0 bridgehead atoms. The highest BCUT2D eigenvalue weighted by atomic mass is 16.7. The van der Waals surface area contributed by atoms with E-state index in [1.165, 1.54) is 4.90 Å². The molecule has 0 unspecified atom stereocenters. The number of urea groups is 2. The van der Waals surface area contributed by atoms with Gasteiger partial charge in [0.25, 0.3) is 5.91 Å². The first-order valence-corrected chi connectivity index (χ1v) is 14.8. The van der Waals surface area contributed by atoms with Crippen molar-refractivity contribution in [2.75, 3.05) is 56.3 Å². The maximum absolute atomic E-state index is 13.8. The van der Waals surface area contributed by atoms with Crippen LogP contribution in [0.15, 0.2) is 54.6 Å². The van der Waals surface area contributed by atoms with Crippen molar-refractivity contribution in [3.63, 3.8) is 0 Å². The number of ether oxygens (including phenoxy) is 5. The van der Waals surface area contributed by atoms with Crippen LogP contribution < -0.4 is 39.6 Å². The molecule has 0 aliphatic carbocycles. The summed E-state index contributed by atoms with van der Waals surface area (Å²) in [5.41, 5.74) is 1.48. The van der Waals surface area contributed by atoms with Crippen LogP contribution in [0, 0.1) is 5.92 Å². The average molecular weight is 634 g/mol. The fourth-order valence-electron chi connectivity index (χ4n) is 5.36. The summed E-state index contributed by atoms with van der Waals surface area (Å²) >= 11 is 0. The number of nitrogens with one attached hydrogen (secondary N) is 3. The lowest BCUT2D eigenvalue weighted by atomic mass is 9.99. The van der Waals surface area contributed by atoms with Gasteiger partial charge in [-0.05, 0) is 43.3 Å². The number of rotatable bonds is 7. The van der Waals surface area contributed by atoms with Crippen molar-refractivity contribution in [1.82, 2.24) is 9.80 Å². The van der Waals surface area contributed by atoms with Crippen molar-refractivity contribution in [1.29, 1.82) is 0 Å². The van der Waals surface area contributed by atoms with Gasteiger partial charge >= 0.3 is 12.1 Å². The van der Waals surface area contributed by atoms with Crippen molar-refractivity contribution in [3.8, 4) is 28.7 Å². The number of likely N-dealkylation sites (N-methyl/N-ethyl adjacent to an activating group) is 1. The summed E-state index contributed by atoms with van der Waals surface area (Å²) in [4.78, 5) is 43.2. The van der Waals surface area contributed by atoms with E-state index in [0.29, 0.717) is 34.4 Å². The summed E-state index contributed by atoms with van der Waals surface area (Å²) in [6.45, 7) is 4.06. The summed E-state index contributed by atoms with van der Waals surface area (Å²) in [5.74, 6) is 1.77. The van der Waals surface area contributed by atoms with Crippen LogP contribution in [0.3, 0.4) is 0 Å². The number of aliphatic hydroxyl groups excluding tert-OH is 1. The molecule has 0 saturated carbocycles. The number of hydrogen-bond donors (Lipinski definition) is 4. The van der Waals surface area contributed by atoms with Gasteiger partial charge in [-0.2, -0.15) is 0 Å². The largest absolute Gasteiger partial charge is 0.485 e. The van der Waals surface area contributed by atoms with Crippen LogP contribution in [0.25, 0.3) is 0 Å². The summed E-state index contributed by atoms with van der Waals surface area (Å²) in [7, 11) is 1.64. The minimum absolute atomic E-state index is 0.104. The van der Waals surface area contributed by atoms with Gasteiger partial charge in [-0.25, -0.2) is 9.59 Å². The minimum atomic E-state index is -0.604. The van der Waals surface area contributed by atoms with Crippen molar-refractivity contribution >= 4 is 35.0 Å². The van der Waals surface area contributed by atoms with Crippen LogP contribution in [0.1, 0.15) is 24.2 Å². The Bertz CT molecular complexity index is 1650. The molecule has 3 aliphatic rings. The lowest BCUT2D eigenvalue weighted by molar-refractivity contribution is 0.0373. The van der Waals surface area contributed by atoms with Crippen LogP contribution in [0.4, 0.5) is 26.7 Å². The molecule has 14 nitrogen and oxygen atoms in total. The number of anilines is 3. The van der Waals surface area contributed by atoms with E-state index < -0.39 is 18.2 Å². The molecule has 4 N–H and O–H groups in total. The lowest BCUT2D eigenvalue weighted by Gasteiger charge is -2.38. The summed E-state index contributed by atoms with van der Waals surface area (Å²) in [6, 6.07) is 13.6. The van der Waals surface area contributed by atoms with E-state index >= 15 is 0 Å². The van der Waals surface area contributed by atoms with Crippen LogP contribution in [-0.4, -0.2) is 85.4 Å². The van der Waals surface area contributed by atoms with E-state index in [-0.39, 0.29) is 68.1 Å². The molecule has 14 heteroatoms. The molecular formula is C32H35N5O9. The van der Waals surface area contributed by atoms with Gasteiger partial charge in [0.1, 0.15) is 6.10 Å². The highest BCUT2D eigenvalue weighted by Gasteiger charge is 2.35. The molecule has 3 aromatic rings. The van der Waals surface area contributed by atoms with Gasteiger partial charge in [0.05, 0.1) is 30.4 Å². The van der Waals surface area contributed by atoms with Crippen LogP contribution >= 0.6 is 0 Å². The van der Waals surface area contributed by atoms with E-state index in [0.717, 1.165) is 0 Å². The van der Waals surface area contributed by atoms with E-state index in [4.69, 9.17) is 23.7 Å². The fourth-order valence-corrected chi connectivity index (χ4v) is 5.36. The first-order chi connectivity index (χ1) is 22.2. The molecule has 6 rings (SSSR count). The Kier molecular flexibility index (Phi) is 8.61. The van der Waals surface area contributed by atoms with Crippen LogP contribution in [0.2, 0.25) is 0 Å². The Morgan fingerprint density at radius 1 is 0.935 bits per heavy atom. The molecule has 242 valence electrons. The van der Waals surface area contributed by atoms with E-state index in [2.05, 4.69) is 16.0 Å². The first kappa shape index (κ1) is 30.6. The Morgan fingerprint density at radius 2 is 1.57 bits per heavy atom. The second kappa shape index (κ2) is 12.9. The first-order valence-electron chi connectivity index (χ1n) is 14.8. The van der Waals surface area contributed by atoms with Gasteiger partial charge in [0.2, 0.25) is 13.6 Å². The highest BCUT2D eigenvalue weighted by molar-refractivity contribution is 6.04. The number of nitrogens with zero attached hydrogens (tertiary/aromatic N) is 2. The van der Waals surface area contributed by atoms with E-state index in [1.54, 1.807) is 73.5 Å². The lowest BCUT2D eigenvalue weighted by Crippen LogP contribution is -2.50. The van der Waals surface area contributed by atoms with Crippen molar-refractivity contribution < 1.29 is 43.2 Å². The quantitative estimate of drug-likeness (QED) is 0.299. The Balaban J connectivity index is 1.23. The number of amides is 5. The van der Waals surface area contributed by atoms with Crippen molar-refractivity contribution in [3.05, 3.63) is 60.2 Å². The van der Waals surface area contributed by atoms with Gasteiger partial charge in [-0.15, -0.1) is 0 Å². The fraction of sp³-hybridized carbons (Fsp3) is 0.344. The van der Waals surface area contributed by atoms with Crippen molar-refractivity contribution in [2.24, 2.45) is 5.92 Å². The molecule has 46 heavy (non-hydrogen) atoms. The second-order valence-corrected chi connectivity index (χ2v) is 11.3. The van der Waals surface area contributed by atoms with Gasteiger partial charge in [-0.3, -0.25) is 4.79 Å². The molecular weight excluding hydrogens is 598 g/mol. The zero-order valence-corrected chi connectivity index (χ0v) is 25.6. The Labute approximate surface area is 265 Å². The minimum Gasteiger partial charge on any atom is -0.485 e. The van der Waals surface area contributed by atoms with Gasteiger partial charge < -0.3 is 54.5 Å². The normalized spacial score (nSPS) is 18.4. The topological polar surface area (TPSA) is 160 Å². The van der Waals surface area contributed by atoms with Gasteiger partial charge in [-0.1, -0.05) is 13.0 Å². The smallest absolute Gasteiger partial charge is 0.323 e. The van der Waals surface area contributed by atoms with Gasteiger partial charge in [0, 0.05) is 43.0 Å². The van der Waals surface area contributed by atoms with Crippen LogP contribution in [0.5, 0.6) is 28.7 Å². The number of carbonyl (C=O) groups is 3. The number of carbonyl (C=O) groups excluding carboxylic acids is 3. The molecule has 3 aromatic carbocycles. The highest BCUT2D eigenvalue weighted by Crippen LogP contribution is 2.37. The molecule has 0 radical (unpaired) electrons. The molecule has 3 aliphatic heterocycles. The van der Waals surface area contributed by atoms with Crippen molar-refractivity contribution in [2.45, 2.75) is 26.0 Å². The van der Waals surface area contributed by atoms with E-state index in [1.807, 2.05) is 6.92 Å². The summed E-state index contributed by atoms with van der Waals surface area (Å²) in [5, 5.41) is 18.4. The monoisotopic (exact) mass is 633 g/mol. The molecule has 0 aromatic heterocycles. The molecule has 0 spiro atoms. The summed E-state index contributed by atoms with van der Waals surface area (Å²) in [6.07, 6.45) is -0.604. The predicted octanol–water partition coefficient (Wildman–Crippen LogP) is 4.17. The molecule has 5 amide bonds. The third-order valence-electron chi connectivity index (χ3n) is 7.99. The number of fused-ring (bicyclic) bond motifs is 3. The van der Waals surface area contributed by atoms with Crippen LogP contribution in [-0.2, 0) is 0 Å². The maximum Gasteiger partial charge on any atom is 0.323 e. The molecule has 0 fully saturated rings. The third-order valence-corrected chi connectivity index (χ3v) is 7.99. The standard InChI is InChI=1S/C32H35N5O9/c1-18-13-37(19(2)15-38)30(39)22-5-4-6-23(35-31(40)33-20-7-9-24-26(11-20)44-16-42-24)29(22)46-28(18)14-36(3)32(41)34-21-8-10-25-27(12-21)45-17-43-25/h4-12,18-19,28,38H,13-17H2,1-3H3,(H,34,41)(H2,33,35,40)/t18-,19-,28+/m1/s1. The molecule has 3 atom stereocenters. The van der Waals surface area contributed by atoms with Gasteiger partial charge in [0.15, 0.2) is 28.7 Å². The summed E-state index contributed by atoms with van der Waals surface area (Å²) < 4.78 is 28.0. The molecule has 0 saturated heterocycles. The number of hydrogen-bond acceptors (Lipinski definition) is 9. The Hall–Kier alpha value is -5.37. The zero-order chi connectivity index (χ0) is 32.4. The molecule has 3 heterocycles. The number of aliphatic hydroxyl groups is 1. The SMILES string of the molecule is C[C@@H]1CN([C@H](C)CO)C(=O)c2cccc(NC(=O)Nc3ccc4c(c3)OCO4)c2O[C@H]1CN(C)C(=O)Nc1ccc2c(c1)OCO2. The maximum atomic E-state index is 13.8. The number of para-hydroxylation sites is 1.